The van der Waals surface area contributed by atoms with Crippen LogP contribution < -0.4 is 0 Å². The number of carbonyl (C=O) groups is 1. The predicted octanol–water partition coefficient (Wildman–Crippen LogP) is 2.68. The lowest BCUT2D eigenvalue weighted by atomic mass is 10.1. The lowest BCUT2D eigenvalue weighted by molar-refractivity contribution is 0.0594. The maximum Gasteiger partial charge on any atom is 0.356 e. The van der Waals surface area contributed by atoms with E-state index in [1.165, 1.54) is 7.11 Å². The first-order valence-electron chi connectivity index (χ1n) is 5.66. The number of furan rings is 1. The summed E-state index contributed by atoms with van der Waals surface area (Å²) in [4.78, 5) is 20.0. The van der Waals surface area contributed by atoms with Crippen LogP contribution in [0, 0.1) is 0 Å². The van der Waals surface area contributed by atoms with Crippen LogP contribution in [0.5, 0.6) is 0 Å². The fourth-order valence-electron chi connectivity index (χ4n) is 1.90. The zero-order valence-electron chi connectivity index (χ0n) is 10.2. The van der Waals surface area contributed by atoms with Gasteiger partial charge in [-0.3, -0.25) is 4.98 Å². The number of nitrogens with zero attached hydrogens (tertiary/aromatic N) is 2. The zero-order chi connectivity index (χ0) is 13.2. The number of pyridine rings is 2. The molecule has 94 valence electrons. The molecule has 0 unspecified atom stereocenters. The molecule has 0 radical (unpaired) electrons. The molecule has 0 aliphatic heterocycles. The molecule has 0 spiro atoms. The number of carbonyl (C=O) groups excluding carboxylic acids is 1. The zero-order valence-corrected chi connectivity index (χ0v) is 10.2. The quantitative estimate of drug-likeness (QED) is 0.658. The molecule has 0 aliphatic carbocycles. The van der Waals surface area contributed by atoms with Crippen LogP contribution in [0.2, 0.25) is 0 Å². The molecule has 0 saturated carbocycles. The third-order valence-corrected chi connectivity index (χ3v) is 2.78. The third-order valence-electron chi connectivity index (χ3n) is 2.78. The second kappa shape index (κ2) is 4.53. The first kappa shape index (κ1) is 11.4. The van der Waals surface area contributed by atoms with Crippen LogP contribution >= 0.6 is 0 Å². The van der Waals surface area contributed by atoms with Gasteiger partial charge < -0.3 is 9.15 Å². The van der Waals surface area contributed by atoms with Crippen LogP contribution in [-0.4, -0.2) is 23.0 Å². The van der Waals surface area contributed by atoms with Crippen LogP contribution in [0.1, 0.15) is 10.5 Å². The Balaban J connectivity index is 2.27. The highest BCUT2D eigenvalue weighted by molar-refractivity contribution is 5.97. The van der Waals surface area contributed by atoms with Gasteiger partial charge in [-0.1, -0.05) is 0 Å². The van der Waals surface area contributed by atoms with E-state index in [-0.39, 0.29) is 5.69 Å². The van der Waals surface area contributed by atoms with Gasteiger partial charge in [-0.2, -0.15) is 0 Å². The minimum absolute atomic E-state index is 0.212. The predicted molar refractivity (Wildman–Crippen MR) is 68.6 cm³/mol. The summed E-state index contributed by atoms with van der Waals surface area (Å²) in [6.07, 6.45) is 4.93. The van der Waals surface area contributed by atoms with E-state index in [0.717, 1.165) is 10.9 Å². The van der Waals surface area contributed by atoms with E-state index in [2.05, 4.69) is 9.97 Å². The van der Waals surface area contributed by atoms with Gasteiger partial charge in [0.25, 0.3) is 0 Å². The summed E-state index contributed by atoms with van der Waals surface area (Å²) >= 11 is 0. The molecule has 0 N–H and O–H groups in total. The van der Waals surface area contributed by atoms with Crippen molar-refractivity contribution in [3.63, 3.8) is 0 Å². The maximum atomic E-state index is 11.6. The highest BCUT2D eigenvalue weighted by Gasteiger charge is 2.15. The fraction of sp³-hybridized carbons (Fsp3) is 0.0714. The smallest absolute Gasteiger partial charge is 0.356 e. The van der Waals surface area contributed by atoms with Gasteiger partial charge in [-0.05, 0) is 18.2 Å². The molecule has 0 aromatic carbocycles. The van der Waals surface area contributed by atoms with E-state index in [1.54, 1.807) is 24.7 Å². The van der Waals surface area contributed by atoms with Crippen molar-refractivity contribution in [1.82, 2.24) is 9.97 Å². The van der Waals surface area contributed by atoms with Crippen LogP contribution in [0.4, 0.5) is 0 Å². The molecule has 3 rings (SSSR count). The normalized spacial score (nSPS) is 10.6. The van der Waals surface area contributed by atoms with Crippen molar-refractivity contribution < 1.29 is 13.9 Å². The molecule has 0 saturated heterocycles. The molecule has 0 fully saturated rings. The number of hydrogen-bond acceptors (Lipinski definition) is 5. The molecule has 19 heavy (non-hydrogen) atoms. The number of aromatic nitrogens is 2. The number of ether oxygens (including phenoxy) is 1. The Morgan fingerprint density at radius 2 is 2.26 bits per heavy atom. The van der Waals surface area contributed by atoms with Crippen molar-refractivity contribution >= 4 is 16.9 Å². The third kappa shape index (κ3) is 1.95. The number of methoxy groups -OCH3 is 1. The Bertz CT molecular complexity index is 735. The summed E-state index contributed by atoms with van der Waals surface area (Å²) < 4.78 is 10.0. The highest BCUT2D eigenvalue weighted by Crippen LogP contribution is 2.28. The maximum absolute atomic E-state index is 11.6. The number of esters is 1. The van der Waals surface area contributed by atoms with Gasteiger partial charge in [-0.25, -0.2) is 9.78 Å². The average molecular weight is 254 g/mol. The lowest BCUT2D eigenvalue weighted by Gasteiger charge is -2.04. The highest BCUT2D eigenvalue weighted by atomic mass is 16.5. The summed E-state index contributed by atoms with van der Waals surface area (Å²) in [5.41, 5.74) is 2.28. The first-order valence-corrected chi connectivity index (χ1v) is 5.66. The van der Waals surface area contributed by atoms with Gasteiger partial charge in [0.1, 0.15) is 5.58 Å². The van der Waals surface area contributed by atoms with E-state index in [9.17, 15) is 4.79 Å². The number of fused-ring (bicyclic) bond motifs is 1. The lowest BCUT2D eigenvalue weighted by Crippen LogP contribution is -2.05. The summed E-state index contributed by atoms with van der Waals surface area (Å²) in [5.74, 6) is -0.497. The van der Waals surface area contributed by atoms with Crippen LogP contribution in [0.25, 0.3) is 22.2 Å². The first-order chi connectivity index (χ1) is 9.29. The van der Waals surface area contributed by atoms with E-state index in [0.29, 0.717) is 11.3 Å². The van der Waals surface area contributed by atoms with Crippen molar-refractivity contribution in [2.75, 3.05) is 7.11 Å². The van der Waals surface area contributed by atoms with Crippen LogP contribution in [0.15, 0.2) is 47.3 Å². The average Bonchev–Trinajstić information content (AvgIpc) is 2.94. The molecule has 3 aromatic heterocycles. The summed E-state index contributed by atoms with van der Waals surface area (Å²) in [7, 11) is 1.32. The largest absolute Gasteiger partial charge is 0.464 e. The Kier molecular flexibility index (Phi) is 2.72. The standard InChI is InChI=1S/C14H10N2O3/c1-18-14(17)11-7-12-10(4-6-19-12)13(16-11)9-3-2-5-15-8-9/h2-8H,1H3. The van der Waals surface area contributed by atoms with Gasteiger partial charge in [-0.15, -0.1) is 0 Å². The van der Waals surface area contributed by atoms with E-state index >= 15 is 0 Å². The van der Waals surface area contributed by atoms with E-state index < -0.39 is 5.97 Å². The van der Waals surface area contributed by atoms with Crippen molar-refractivity contribution in [3.05, 3.63) is 48.6 Å². The van der Waals surface area contributed by atoms with Crippen molar-refractivity contribution in [3.8, 4) is 11.3 Å². The van der Waals surface area contributed by atoms with Crippen molar-refractivity contribution in [2.24, 2.45) is 0 Å². The number of hydrogen-bond donors (Lipinski definition) is 0. The fourth-order valence-corrected chi connectivity index (χ4v) is 1.90. The topological polar surface area (TPSA) is 65.2 Å². The van der Waals surface area contributed by atoms with Gasteiger partial charge in [0.2, 0.25) is 0 Å². The van der Waals surface area contributed by atoms with Crippen molar-refractivity contribution in [2.45, 2.75) is 0 Å². The Morgan fingerprint density at radius 3 is 3.00 bits per heavy atom. The molecule has 0 amide bonds. The Hall–Kier alpha value is -2.69. The minimum atomic E-state index is -0.497. The minimum Gasteiger partial charge on any atom is -0.464 e. The molecule has 0 bridgehead atoms. The van der Waals surface area contributed by atoms with Gasteiger partial charge in [0.15, 0.2) is 5.69 Å². The Labute approximate surface area is 108 Å². The molecular formula is C14H10N2O3. The molecule has 0 atom stereocenters. The summed E-state index contributed by atoms with van der Waals surface area (Å²) in [6.45, 7) is 0. The summed E-state index contributed by atoms with van der Waals surface area (Å²) in [6, 6.07) is 7.07. The van der Waals surface area contributed by atoms with Gasteiger partial charge in [0.05, 0.1) is 19.1 Å². The molecule has 0 aliphatic rings. The molecule has 5 nitrogen and oxygen atoms in total. The number of rotatable bonds is 2. The molecular weight excluding hydrogens is 244 g/mol. The van der Waals surface area contributed by atoms with E-state index in [1.807, 2.05) is 18.2 Å². The molecule has 3 heterocycles. The van der Waals surface area contributed by atoms with Gasteiger partial charge in [0, 0.05) is 29.4 Å². The summed E-state index contributed by atoms with van der Waals surface area (Å²) in [5, 5.41) is 0.834. The monoisotopic (exact) mass is 254 g/mol. The van der Waals surface area contributed by atoms with Gasteiger partial charge >= 0.3 is 5.97 Å². The molecule has 5 heteroatoms. The van der Waals surface area contributed by atoms with Crippen LogP contribution in [0.3, 0.4) is 0 Å². The second-order valence-corrected chi connectivity index (χ2v) is 3.92. The van der Waals surface area contributed by atoms with Crippen LogP contribution in [-0.2, 0) is 4.74 Å². The SMILES string of the molecule is COC(=O)c1cc2occc2c(-c2cccnc2)n1. The van der Waals surface area contributed by atoms with E-state index in [4.69, 9.17) is 9.15 Å². The second-order valence-electron chi connectivity index (χ2n) is 3.92. The molecule has 3 aromatic rings. The Morgan fingerprint density at radius 1 is 1.37 bits per heavy atom. The van der Waals surface area contributed by atoms with Crippen molar-refractivity contribution in [1.29, 1.82) is 0 Å².